The quantitative estimate of drug-likeness (QED) is 0.714. The molecule has 0 bridgehead atoms. The maximum atomic E-state index is 12.0. The first-order valence-corrected chi connectivity index (χ1v) is 6.91. The molecule has 0 spiro atoms. The lowest BCUT2D eigenvalue weighted by Gasteiger charge is -2.04. The summed E-state index contributed by atoms with van der Waals surface area (Å²) >= 11 is 1.36. The van der Waals surface area contributed by atoms with Crippen molar-refractivity contribution in [2.24, 2.45) is 0 Å². The lowest BCUT2D eigenvalue weighted by atomic mass is 10.0. The first kappa shape index (κ1) is 12.0. The van der Waals surface area contributed by atoms with E-state index in [1.165, 1.54) is 27.7 Å². The molecule has 0 amide bonds. The summed E-state index contributed by atoms with van der Waals surface area (Å²) in [6.45, 7) is 4.32. The Balaban J connectivity index is 2.07. The fourth-order valence-electron chi connectivity index (χ4n) is 1.91. The Labute approximate surface area is 114 Å². The maximum absolute atomic E-state index is 12.0. The van der Waals surface area contributed by atoms with Gasteiger partial charge in [0, 0.05) is 0 Å². The van der Waals surface area contributed by atoms with E-state index in [9.17, 15) is 4.79 Å². The van der Waals surface area contributed by atoms with Gasteiger partial charge in [-0.05, 0) is 23.1 Å². The van der Waals surface area contributed by atoms with Crippen molar-refractivity contribution in [3.8, 4) is 0 Å². The van der Waals surface area contributed by atoms with Crippen LogP contribution in [0.5, 0.6) is 0 Å². The van der Waals surface area contributed by atoms with Gasteiger partial charge in [0.15, 0.2) is 0 Å². The van der Waals surface area contributed by atoms with Gasteiger partial charge < -0.3 is 0 Å². The molecule has 5 heteroatoms. The average molecular weight is 271 g/mol. The van der Waals surface area contributed by atoms with Crippen LogP contribution in [0.15, 0.2) is 35.4 Å². The Morgan fingerprint density at radius 3 is 2.63 bits per heavy atom. The van der Waals surface area contributed by atoms with Gasteiger partial charge in [-0.3, -0.25) is 4.79 Å². The van der Waals surface area contributed by atoms with Gasteiger partial charge >= 0.3 is 0 Å². The van der Waals surface area contributed by atoms with Crippen molar-refractivity contribution in [1.82, 2.24) is 14.6 Å². The lowest BCUT2D eigenvalue weighted by molar-refractivity contribution is 0.866. The van der Waals surface area contributed by atoms with Gasteiger partial charge in [0.2, 0.25) is 4.96 Å². The average Bonchev–Trinajstić information content (AvgIpc) is 2.95. The topological polar surface area (TPSA) is 47.3 Å². The Morgan fingerprint density at radius 1 is 1.26 bits per heavy atom. The van der Waals surface area contributed by atoms with E-state index >= 15 is 0 Å². The van der Waals surface area contributed by atoms with Gasteiger partial charge in [-0.15, -0.1) is 0 Å². The number of rotatable bonds is 2. The zero-order valence-electron chi connectivity index (χ0n) is 10.7. The number of benzene rings is 1. The van der Waals surface area contributed by atoms with E-state index in [1.54, 1.807) is 0 Å². The van der Waals surface area contributed by atoms with Crippen molar-refractivity contribution < 1.29 is 0 Å². The predicted octanol–water partition coefficient (Wildman–Crippen LogP) is 1.82. The lowest BCUT2D eigenvalue weighted by Crippen LogP contribution is -2.23. The second-order valence-corrected chi connectivity index (χ2v) is 5.70. The van der Waals surface area contributed by atoms with Crippen LogP contribution in [0.25, 0.3) is 11.0 Å². The Hall–Kier alpha value is -2.01. The monoisotopic (exact) mass is 271 g/mol. The fraction of sp³-hybridized carbons (Fsp3) is 0.214. The summed E-state index contributed by atoms with van der Waals surface area (Å²) in [5, 5.41) is 3.90. The van der Waals surface area contributed by atoms with E-state index in [1.807, 2.05) is 18.2 Å². The molecule has 0 atom stereocenters. The van der Waals surface area contributed by atoms with Crippen LogP contribution >= 0.6 is 11.3 Å². The van der Waals surface area contributed by atoms with Crippen LogP contribution in [-0.4, -0.2) is 14.6 Å². The molecule has 3 aromatic rings. The Morgan fingerprint density at radius 2 is 2.00 bits per heavy atom. The molecule has 0 saturated carbocycles. The molecular formula is C14H13N3OS. The highest BCUT2D eigenvalue weighted by Crippen LogP contribution is 2.14. The van der Waals surface area contributed by atoms with Crippen LogP contribution < -0.4 is 10.1 Å². The standard InChI is InChI=1S/C14H13N3OS/c1-9(2)11-5-3-10(4-6-11)7-12-13(18)17-14(19-12)15-8-16-17/h3-9H,1-2H3/b12-7+. The molecule has 4 nitrogen and oxygen atoms in total. The third-order valence-corrected chi connectivity index (χ3v) is 4.00. The van der Waals surface area contributed by atoms with Crippen LogP contribution in [0.1, 0.15) is 30.9 Å². The van der Waals surface area contributed by atoms with Crippen LogP contribution in [0, 0.1) is 0 Å². The third-order valence-electron chi connectivity index (χ3n) is 3.02. The minimum absolute atomic E-state index is 0.106. The minimum atomic E-state index is -0.106. The summed E-state index contributed by atoms with van der Waals surface area (Å²) < 4.78 is 1.99. The van der Waals surface area contributed by atoms with Crippen molar-refractivity contribution in [3.05, 3.63) is 56.6 Å². The Kier molecular flexibility index (Phi) is 2.91. The summed E-state index contributed by atoms with van der Waals surface area (Å²) in [4.78, 5) is 16.7. The molecule has 3 rings (SSSR count). The van der Waals surface area contributed by atoms with E-state index in [-0.39, 0.29) is 5.56 Å². The largest absolute Gasteiger partial charge is 0.291 e. The highest BCUT2D eigenvalue weighted by molar-refractivity contribution is 7.15. The molecule has 19 heavy (non-hydrogen) atoms. The predicted molar refractivity (Wildman–Crippen MR) is 76.5 cm³/mol. The number of hydrogen-bond acceptors (Lipinski definition) is 4. The molecular weight excluding hydrogens is 258 g/mol. The zero-order chi connectivity index (χ0) is 13.4. The van der Waals surface area contributed by atoms with E-state index in [2.05, 4.69) is 36.1 Å². The van der Waals surface area contributed by atoms with Crippen molar-refractivity contribution >= 4 is 22.4 Å². The van der Waals surface area contributed by atoms with E-state index in [4.69, 9.17) is 0 Å². The van der Waals surface area contributed by atoms with Gasteiger partial charge in [-0.2, -0.15) is 9.61 Å². The molecule has 0 aliphatic heterocycles. The summed E-state index contributed by atoms with van der Waals surface area (Å²) in [5.74, 6) is 0.512. The van der Waals surface area contributed by atoms with Crippen molar-refractivity contribution in [1.29, 1.82) is 0 Å². The van der Waals surface area contributed by atoms with Crippen LogP contribution in [0.3, 0.4) is 0 Å². The van der Waals surface area contributed by atoms with Crippen molar-refractivity contribution in [3.63, 3.8) is 0 Å². The molecule has 2 heterocycles. The highest BCUT2D eigenvalue weighted by Gasteiger charge is 2.05. The maximum Gasteiger partial charge on any atom is 0.291 e. The van der Waals surface area contributed by atoms with Crippen LogP contribution in [0.4, 0.5) is 0 Å². The molecule has 0 aliphatic carbocycles. The molecule has 0 radical (unpaired) electrons. The highest BCUT2D eigenvalue weighted by atomic mass is 32.1. The van der Waals surface area contributed by atoms with Gasteiger partial charge in [0.05, 0.1) is 4.53 Å². The molecule has 0 N–H and O–H groups in total. The van der Waals surface area contributed by atoms with Gasteiger partial charge in [0.1, 0.15) is 6.33 Å². The summed E-state index contributed by atoms with van der Waals surface area (Å²) in [6.07, 6.45) is 3.28. The van der Waals surface area contributed by atoms with Crippen LogP contribution in [-0.2, 0) is 0 Å². The molecule has 0 unspecified atom stereocenters. The molecule has 96 valence electrons. The van der Waals surface area contributed by atoms with E-state index in [0.29, 0.717) is 15.4 Å². The summed E-state index contributed by atoms with van der Waals surface area (Å²) in [5.41, 5.74) is 2.21. The van der Waals surface area contributed by atoms with Gasteiger partial charge in [-0.1, -0.05) is 49.4 Å². The smallest absolute Gasteiger partial charge is 0.266 e. The van der Waals surface area contributed by atoms with Gasteiger partial charge in [0.25, 0.3) is 5.56 Å². The molecule has 1 aromatic carbocycles. The number of aromatic nitrogens is 3. The normalized spacial score (nSPS) is 12.7. The molecule has 2 aromatic heterocycles. The summed E-state index contributed by atoms with van der Waals surface area (Å²) in [7, 11) is 0. The second-order valence-electron chi connectivity index (χ2n) is 4.69. The second kappa shape index (κ2) is 4.59. The molecule has 0 fully saturated rings. The third kappa shape index (κ3) is 2.17. The number of nitrogens with zero attached hydrogens (tertiary/aromatic N) is 3. The fourth-order valence-corrected chi connectivity index (χ4v) is 2.79. The number of fused-ring (bicyclic) bond motifs is 1. The number of thiazole rings is 1. The van der Waals surface area contributed by atoms with Crippen molar-refractivity contribution in [2.45, 2.75) is 19.8 Å². The summed E-state index contributed by atoms with van der Waals surface area (Å²) in [6, 6.07) is 8.26. The van der Waals surface area contributed by atoms with Gasteiger partial charge in [-0.25, -0.2) is 4.98 Å². The molecule has 0 aliphatic rings. The molecule has 0 saturated heterocycles. The van der Waals surface area contributed by atoms with Crippen molar-refractivity contribution in [2.75, 3.05) is 0 Å². The number of hydrogen-bond donors (Lipinski definition) is 0. The SMILES string of the molecule is CC(C)c1ccc(/C=c2/sc3ncnn3c2=O)cc1. The van der Waals surface area contributed by atoms with E-state index in [0.717, 1.165) is 5.56 Å². The minimum Gasteiger partial charge on any atom is -0.266 e. The zero-order valence-corrected chi connectivity index (χ0v) is 11.5. The first-order valence-electron chi connectivity index (χ1n) is 6.09. The first-order chi connectivity index (χ1) is 9.15. The Bertz CT molecular complexity index is 815. The van der Waals surface area contributed by atoms with E-state index < -0.39 is 0 Å². The van der Waals surface area contributed by atoms with Crippen LogP contribution in [0.2, 0.25) is 0 Å².